The highest BCUT2D eigenvalue weighted by Crippen LogP contribution is 2.29. The van der Waals surface area contributed by atoms with E-state index in [0.717, 1.165) is 9.80 Å². The maximum absolute atomic E-state index is 14.8. The fraction of sp³-hybridized carbons (Fsp3) is 0.474. The topological polar surface area (TPSA) is 519 Å². The minimum absolute atomic E-state index is 0.0248. The van der Waals surface area contributed by atoms with Gasteiger partial charge in [0.1, 0.15) is 49.1 Å². The molecule has 3 aliphatic rings. The molecule has 6 rings (SSSR count). The molecule has 0 bridgehead atoms. The number of fused-ring (bicyclic) bond motifs is 1. The summed E-state index contributed by atoms with van der Waals surface area (Å²) in [7, 11) is 0. The first-order valence-corrected chi connectivity index (χ1v) is 30.0. The number of nitrogens with two attached hydrogens (primary N) is 6. The van der Waals surface area contributed by atoms with Gasteiger partial charge in [0, 0.05) is 55.1 Å². The number of amides is 8. The number of carbonyl (C=O) groups is 10. The van der Waals surface area contributed by atoms with Crippen molar-refractivity contribution in [1.82, 2.24) is 41.7 Å². The number of carboxylic acid groups (broad SMARTS) is 1. The Kier molecular flexibility index (Phi) is 26.4. The summed E-state index contributed by atoms with van der Waals surface area (Å²) in [4.78, 5) is 158. The normalized spacial score (nSPS) is 18.6. The lowest BCUT2D eigenvalue weighted by Gasteiger charge is -2.33. The van der Waals surface area contributed by atoms with Crippen molar-refractivity contribution in [2.45, 2.75) is 119 Å². The molecule has 2 saturated heterocycles. The van der Waals surface area contributed by atoms with Gasteiger partial charge >= 0.3 is 5.97 Å². The Balaban J connectivity index is 1.15. The van der Waals surface area contributed by atoms with E-state index >= 15 is 0 Å². The van der Waals surface area contributed by atoms with Crippen LogP contribution in [0.1, 0.15) is 73.8 Å². The van der Waals surface area contributed by atoms with Crippen molar-refractivity contribution in [2.24, 2.45) is 54.4 Å². The molecule has 4 heterocycles. The molecule has 0 radical (unpaired) electrons. The molecule has 32 nitrogen and oxygen atoms in total. The number of aliphatic hydroxyl groups excluding tert-OH is 2. The monoisotopic (exact) mass is 1270 g/mol. The quantitative estimate of drug-likeness (QED) is 0.0117. The number of nitrogens with zero attached hydrogens (tertiary/aromatic N) is 7. The van der Waals surface area contributed by atoms with Crippen LogP contribution < -0.4 is 71.2 Å². The zero-order valence-electron chi connectivity index (χ0n) is 49.4. The van der Waals surface area contributed by atoms with Crippen LogP contribution in [0, 0.1) is 0 Å². The number of nitrogens with one attached hydrogen (secondary N) is 6. The number of hydrogen-bond donors (Lipinski definition) is 15. The highest BCUT2D eigenvalue weighted by molar-refractivity contribution is 7.09. The molecule has 21 N–H and O–H groups in total. The molecular weight excluding hydrogens is 1190 g/mol. The van der Waals surface area contributed by atoms with Gasteiger partial charge in [0.25, 0.3) is 5.91 Å². The third-order valence-corrected chi connectivity index (χ3v) is 15.7. The molecule has 0 saturated carbocycles. The maximum atomic E-state index is 14.8. The van der Waals surface area contributed by atoms with Gasteiger partial charge in [-0.15, -0.1) is 11.3 Å². The van der Waals surface area contributed by atoms with Crippen LogP contribution in [-0.2, 0) is 54.4 Å². The molecular formula is C57H79N19O13S. The van der Waals surface area contributed by atoms with Gasteiger partial charge in [-0.05, 0) is 75.3 Å². The van der Waals surface area contributed by atoms with E-state index in [1.54, 1.807) is 72.1 Å². The first-order valence-electron chi connectivity index (χ1n) is 29.1. The fourth-order valence-corrected chi connectivity index (χ4v) is 11.2. The van der Waals surface area contributed by atoms with E-state index in [0.29, 0.717) is 35.1 Å². The molecule has 1 unspecified atom stereocenters. The van der Waals surface area contributed by atoms with Crippen molar-refractivity contribution in [3.05, 3.63) is 88.1 Å². The minimum Gasteiger partial charge on any atom is -0.480 e. The van der Waals surface area contributed by atoms with Crippen LogP contribution in [0.15, 0.2) is 92.1 Å². The molecule has 0 aliphatic carbocycles. The molecule has 3 aliphatic heterocycles. The fourth-order valence-electron chi connectivity index (χ4n) is 10.4. The number of aldehydes is 1. The number of hydrogen-bond acceptors (Lipinski definition) is 18. The van der Waals surface area contributed by atoms with Crippen LogP contribution >= 0.6 is 11.3 Å². The second-order valence-corrected chi connectivity index (χ2v) is 22.4. The van der Waals surface area contributed by atoms with Crippen molar-refractivity contribution in [2.75, 3.05) is 57.3 Å². The van der Waals surface area contributed by atoms with Crippen molar-refractivity contribution in [3.63, 3.8) is 0 Å². The zero-order valence-corrected chi connectivity index (χ0v) is 50.2. The lowest BCUT2D eigenvalue weighted by Crippen LogP contribution is -2.59. The van der Waals surface area contributed by atoms with E-state index in [2.05, 4.69) is 46.9 Å². The Labute approximate surface area is 521 Å². The summed E-state index contributed by atoms with van der Waals surface area (Å²) in [6.07, 6.45) is -1.30. The van der Waals surface area contributed by atoms with Gasteiger partial charge in [0.05, 0.1) is 36.7 Å². The molecule has 8 amide bonds. The average molecular weight is 1270 g/mol. The molecule has 33 heteroatoms. The van der Waals surface area contributed by atoms with Gasteiger partial charge in [-0.2, -0.15) is 0 Å². The predicted molar refractivity (Wildman–Crippen MR) is 332 cm³/mol. The Hall–Kier alpha value is -9.60. The van der Waals surface area contributed by atoms with E-state index in [1.165, 1.54) is 16.2 Å². The number of anilines is 1. The highest BCUT2D eigenvalue weighted by atomic mass is 32.1. The molecule has 2 aromatic carbocycles. The Morgan fingerprint density at radius 1 is 0.711 bits per heavy atom. The number of thiophene rings is 1. The summed E-state index contributed by atoms with van der Waals surface area (Å²) in [5, 5.41) is 49.5. The smallest absolute Gasteiger partial charge is 0.326 e. The van der Waals surface area contributed by atoms with E-state index in [4.69, 9.17) is 39.4 Å². The summed E-state index contributed by atoms with van der Waals surface area (Å²) in [5.41, 5.74) is 33.9. The van der Waals surface area contributed by atoms with Crippen LogP contribution in [0.2, 0.25) is 0 Å². The summed E-state index contributed by atoms with van der Waals surface area (Å²) >= 11 is 1.26. The van der Waals surface area contributed by atoms with Gasteiger partial charge < -0.3 is 90.9 Å². The number of para-hydroxylation sites is 1. The number of guanidine groups is 3. The average Bonchev–Trinajstić information content (AvgIpc) is 1.70. The molecule has 90 heavy (non-hydrogen) atoms. The van der Waals surface area contributed by atoms with Crippen molar-refractivity contribution < 1.29 is 63.3 Å². The number of carboxylic acids is 1. The van der Waals surface area contributed by atoms with Crippen LogP contribution in [0.5, 0.6) is 0 Å². The SMILES string of the molecule is NC(N)=NCCC[C@H](NC(=O)CN1C(=O)[C@H](N[C@@H](CO)C(=O)N[C@@H](Cc2cccs2)C(=O)NCC(=O)N2CCC(O)[C@H]2C(=O)N2CCC[C@H]2C(=O)N[C@@H](CCCN=C(N)N)C(=O)N[C@@H](C=O)CCCN=C(N)N)N=C(c2ccccc2)c2ccccc21)C(=O)O. The lowest BCUT2D eigenvalue weighted by molar-refractivity contribution is -0.149. The van der Waals surface area contributed by atoms with Crippen LogP contribution in [0.3, 0.4) is 0 Å². The second kappa shape index (κ2) is 34.2. The molecule has 486 valence electrons. The van der Waals surface area contributed by atoms with E-state index in [1.807, 2.05) is 0 Å². The summed E-state index contributed by atoms with van der Waals surface area (Å²) in [5.74, 6) is -8.45. The number of likely N-dealkylation sites (tertiary alicyclic amines) is 2. The molecule has 0 spiro atoms. The van der Waals surface area contributed by atoms with Crippen LogP contribution in [0.25, 0.3) is 0 Å². The minimum atomic E-state index is -1.70. The number of carbonyl (C=O) groups excluding carboxylic acids is 9. The Morgan fingerprint density at radius 2 is 1.34 bits per heavy atom. The third kappa shape index (κ3) is 20.0. The molecule has 9 atom stereocenters. The van der Waals surface area contributed by atoms with Crippen LogP contribution in [-0.4, -0.2) is 215 Å². The maximum Gasteiger partial charge on any atom is 0.326 e. The van der Waals surface area contributed by atoms with Gasteiger partial charge in [0.2, 0.25) is 41.4 Å². The standard InChI is InChI=1S/C57H79N19O13S/c58-55(59)64-21-6-13-33(30-77)68-49(83)36(16-7-22-65-56(60)61)71-51(85)41-19-9-24-74(41)52(86)46-42(79)20-25-75(46)44(81)28-67-48(82)38(27-34-14-10-26-90-34)72-50(84)39(31-78)70-47-53(87)76(29-43(80)69-37(54(88)89)17-8-23-66-57(62)63)40-18-5-4-15-35(40)45(73-47)32-11-2-1-3-12-32/h1-5,10-12,14-15,18,26,30,33,36-39,41-42,46-47,70,78-79H,6-9,13,16-17,19-25,27-29,31H2,(H,67,82)(H,68,83)(H,69,80)(H,71,85)(H,72,84)(H,88,89)(H4,58,59,64)(H4,60,61,65)(H4,62,63,66)/t33-,36+,37+,38+,39+,41+,42?,46+,47-/m1/s1. The van der Waals surface area contributed by atoms with E-state index in [9.17, 15) is 63.3 Å². The number of benzodiazepines with no additional fused rings is 1. The lowest BCUT2D eigenvalue weighted by atomic mass is 10.0. The summed E-state index contributed by atoms with van der Waals surface area (Å²) < 4.78 is 0. The summed E-state index contributed by atoms with van der Waals surface area (Å²) in [6.45, 7) is -2.09. The van der Waals surface area contributed by atoms with Crippen LogP contribution in [0.4, 0.5) is 5.69 Å². The summed E-state index contributed by atoms with van der Waals surface area (Å²) in [6, 6.07) is 9.32. The van der Waals surface area contributed by atoms with Gasteiger partial charge in [-0.1, -0.05) is 54.6 Å². The first-order chi connectivity index (χ1) is 43.1. The Bertz CT molecular complexity index is 3140. The first kappa shape index (κ1) is 69.5. The van der Waals surface area contributed by atoms with E-state index in [-0.39, 0.29) is 113 Å². The number of rotatable bonds is 33. The number of aliphatic hydroxyl groups is 2. The molecule has 1 aromatic heterocycles. The van der Waals surface area contributed by atoms with Gasteiger partial charge in [-0.25, -0.2) is 4.79 Å². The van der Waals surface area contributed by atoms with E-state index < -0.39 is 127 Å². The molecule has 3 aromatic rings. The largest absolute Gasteiger partial charge is 0.480 e. The third-order valence-electron chi connectivity index (χ3n) is 14.8. The zero-order chi connectivity index (χ0) is 65.4. The Morgan fingerprint density at radius 3 is 1.97 bits per heavy atom. The van der Waals surface area contributed by atoms with Gasteiger partial charge in [-0.3, -0.25) is 68.5 Å². The number of benzene rings is 2. The van der Waals surface area contributed by atoms with Crippen molar-refractivity contribution in [3.8, 4) is 0 Å². The predicted octanol–water partition coefficient (Wildman–Crippen LogP) is -5.10. The van der Waals surface area contributed by atoms with Crippen molar-refractivity contribution in [1.29, 1.82) is 0 Å². The van der Waals surface area contributed by atoms with Gasteiger partial charge in [0.15, 0.2) is 24.0 Å². The molecule has 2 fully saturated rings. The number of aliphatic imine (C=N–C) groups is 4. The number of aliphatic carboxylic acids is 1. The second-order valence-electron chi connectivity index (χ2n) is 21.3. The van der Waals surface area contributed by atoms with Crippen molar-refractivity contribution >= 4 is 100 Å². The highest BCUT2D eigenvalue weighted by Gasteiger charge is 2.47.